The van der Waals surface area contributed by atoms with Gasteiger partial charge in [0.15, 0.2) is 0 Å². The average molecular weight is 236 g/mol. The summed E-state index contributed by atoms with van der Waals surface area (Å²) < 4.78 is 4.79. The van der Waals surface area contributed by atoms with Gasteiger partial charge in [-0.25, -0.2) is 0 Å². The first-order chi connectivity index (χ1) is 6.61. The standard InChI is InChI=1S/C9H11Cl2NO2/c1-6(10)2-4-12-9(13)7-3-5-14-8(7)11/h3,5-6H,2,4H2,1H3,(H,12,13). The van der Waals surface area contributed by atoms with E-state index in [0.717, 1.165) is 6.42 Å². The van der Waals surface area contributed by atoms with Crippen LogP contribution in [-0.4, -0.2) is 17.8 Å². The summed E-state index contributed by atoms with van der Waals surface area (Å²) in [6.07, 6.45) is 2.10. The molecule has 0 aliphatic carbocycles. The van der Waals surface area contributed by atoms with Gasteiger partial charge in [-0.2, -0.15) is 0 Å². The Morgan fingerprint density at radius 1 is 1.71 bits per heavy atom. The number of alkyl halides is 1. The van der Waals surface area contributed by atoms with E-state index in [0.29, 0.717) is 12.1 Å². The zero-order valence-corrected chi connectivity index (χ0v) is 9.23. The van der Waals surface area contributed by atoms with Gasteiger partial charge in [-0.1, -0.05) is 0 Å². The van der Waals surface area contributed by atoms with Gasteiger partial charge in [-0.3, -0.25) is 4.79 Å². The summed E-state index contributed by atoms with van der Waals surface area (Å²) in [4.78, 5) is 11.4. The largest absolute Gasteiger partial charge is 0.452 e. The lowest BCUT2D eigenvalue weighted by Gasteiger charge is -2.04. The number of carbonyl (C=O) groups excluding carboxylic acids is 1. The first-order valence-corrected chi connectivity index (χ1v) is 5.08. The Bertz CT molecular complexity index is 310. The van der Waals surface area contributed by atoms with Crippen molar-refractivity contribution < 1.29 is 9.21 Å². The SMILES string of the molecule is CC(Cl)CCNC(=O)c1ccoc1Cl. The molecule has 0 aromatic carbocycles. The fourth-order valence-electron chi connectivity index (χ4n) is 0.936. The molecule has 0 saturated heterocycles. The number of nitrogens with one attached hydrogen (secondary N) is 1. The van der Waals surface area contributed by atoms with E-state index in [1.54, 1.807) is 0 Å². The highest BCUT2D eigenvalue weighted by Gasteiger charge is 2.12. The lowest BCUT2D eigenvalue weighted by atomic mass is 10.3. The quantitative estimate of drug-likeness (QED) is 0.816. The molecule has 1 atom stereocenters. The molecule has 0 aliphatic rings. The Hall–Kier alpha value is -0.670. The summed E-state index contributed by atoms with van der Waals surface area (Å²) in [5.74, 6) is -0.235. The van der Waals surface area contributed by atoms with Crippen LogP contribution < -0.4 is 5.32 Å². The van der Waals surface area contributed by atoms with Crippen LogP contribution in [0.4, 0.5) is 0 Å². The van der Waals surface area contributed by atoms with E-state index in [-0.39, 0.29) is 16.5 Å². The molecule has 1 N–H and O–H groups in total. The maximum Gasteiger partial charge on any atom is 0.256 e. The van der Waals surface area contributed by atoms with Gasteiger partial charge < -0.3 is 9.73 Å². The molecular formula is C9H11Cl2NO2. The molecule has 0 saturated carbocycles. The van der Waals surface area contributed by atoms with E-state index in [2.05, 4.69) is 5.32 Å². The van der Waals surface area contributed by atoms with Gasteiger partial charge in [-0.05, 0) is 31.0 Å². The maximum absolute atomic E-state index is 11.4. The molecule has 0 aliphatic heterocycles. The number of rotatable bonds is 4. The third-order valence-electron chi connectivity index (χ3n) is 1.69. The first kappa shape index (κ1) is 11.4. The van der Waals surface area contributed by atoms with Crippen LogP contribution in [0.1, 0.15) is 23.7 Å². The van der Waals surface area contributed by atoms with Gasteiger partial charge in [-0.15, -0.1) is 11.6 Å². The number of hydrogen-bond acceptors (Lipinski definition) is 2. The Morgan fingerprint density at radius 2 is 2.43 bits per heavy atom. The highest BCUT2D eigenvalue weighted by atomic mass is 35.5. The molecule has 0 radical (unpaired) electrons. The van der Waals surface area contributed by atoms with Crippen molar-refractivity contribution in [3.05, 3.63) is 23.1 Å². The molecule has 0 fully saturated rings. The molecule has 1 aromatic heterocycles. The normalized spacial score (nSPS) is 12.5. The monoisotopic (exact) mass is 235 g/mol. The van der Waals surface area contributed by atoms with Crippen molar-refractivity contribution in [3.8, 4) is 0 Å². The highest BCUT2D eigenvalue weighted by Crippen LogP contribution is 2.16. The predicted molar refractivity (Wildman–Crippen MR) is 56.0 cm³/mol. The summed E-state index contributed by atoms with van der Waals surface area (Å²) in [5, 5.41) is 2.85. The van der Waals surface area contributed by atoms with Crippen LogP contribution in [0.25, 0.3) is 0 Å². The summed E-state index contributed by atoms with van der Waals surface area (Å²) in [7, 11) is 0. The van der Waals surface area contributed by atoms with Crippen molar-refractivity contribution in [2.24, 2.45) is 0 Å². The molecule has 5 heteroatoms. The number of furan rings is 1. The molecule has 1 aromatic rings. The molecule has 1 unspecified atom stereocenters. The van der Waals surface area contributed by atoms with E-state index in [4.69, 9.17) is 27.6 Å². The molecule has 1 amide bonds. The van der Waals surface area contributed by atoms with Crippen LogP contribution in [0.5, 0.6) is 0 Å². The minimum absolute atomic E-state index is 0.0510. The van der Waals surface area contributed by atoms with E-state index in [9.17, 15) is 4.79 Å². The molecular weight excluding hydrogens is 225 g/mol. The summed E-state index contributed by atoms with van der Waals surface area (Å²) in [6, 6.07) is 1.53. The summed E-state index contributed by atoms with van der Waals surface area (Å²) >= 11 is 11.3. The van der Waals surface area contributed by atoms with Gasteiger partial charge in [0.05, 0.1) is 11.8 Å². The Balaban J connectivity index is 2.40. The van der Waals surface area contributed by atoms with E-state index in [1.165, 1.54) is 12.3 Å². The number of hydrogen-bond donors (Lipinski definition) is 1. The zero-order valence-electron chi connectivity index (χ0n) is 7.72. The second-order valence-electron chi connectivity index (χ2n) is 2.93. The number of halogens is 2. The summed E-state index contributed by atoms with van der Waals surface area (Å²) in [6.45, 7) is 2.41. The van der Waals surface area contributed by atoms with Crippen molar-refractivity contribution in [1.29, 1.82) is 0 Å². The number of amides is 1. The fourth-order valence-corrected chi connectivity index (χ4v) is 1.24. The maximum atomic E-state index is 11.4. The first-order valence-electron chi connectivity index (χ1n) is 4.26. The highest BCUT2D eigenvalue weighted by molar-refractivity contribution is 6.32. The predicted octanol–water partition coefficient (Wildman–Crippen LogP) is 2.68. The van der Waals surface area contributed by atoms with Crippen molar-refractivity contribution in [2.45, 2.75) is 18.7 Å². The van der Waals surface area contributed by atoms with Crippen LogP contribution in [0, 0.1) is 0 Å². The smallest absolute Gasteiger partial charge is 0.256 e. The van der Waals surface area contributed by atoms with Crippen molar-refractivity contribution in [2.75, 3.05) is 6.54 Å². The van der Waals surface area contributed by atoms with Gasteiger partial charge in [0.25, 0.3) is 5.91 Å². The van der Waals surface area contributed by atoms with Gasteiger partial charge in [0, 0.05) is 11.9 Å². The minimum Gasteiger partial charge on any atom is -0.452 e. The van der Waals surface area contributed by atoms with Gasteiger partial charge >= 0.3 is 0 Å². The van der Waals surface area contributed by atoms with Crippen LogP contribution in [-0.2, 0) is 0 Å². The van der Waals surface area contributed by atoms with Crippen molar-refractivity contribution in [3.63, 3.8) is 0 Å². The van der Waals surface area contributed by atoms with Crippen LogP contribution in [0.3, 0.4) is 0 Å². The van der Waals surface area contributed by atoms with Gasteiger partial charge in [0.2, 0.25) is 5.22 Å². The topological polar surface area (TPSA) is 42.2 Å². The number of carbonyl (C=O) groups is 1. The average Bonchev–Trinajstić information content (AvgIpc) is 2.50. The molecule has 1 heterocycles. The second kappa shape index (κ2) is 5.27. The van der Waals surface area contributed by atoms with Crippen LogP contribution in [0.15, 0.2) is 16.7 Å². The Kier molecular flexibility index (Phi) is 4.29. The molecule has 0 bridgehead atoms. The van der Waals surface area contributed by atoms with Crippen molar-refractivity contribution in [1.82, 2.24) is 5.32 Å². The third-order valence-corrected chi connectivity index (χ3v) is 2.20. The Morgan fingerprint density at radius 3 is 2.93 bits per heavy atom. The van der Waals surface area contributed by atoms with E-state index >= 15 is 0 Å². The molecule has 3 nitrogen and oxygen atoms in total. The van der Waals surface area contributed by atoms with Crippen LogP contribution >= 0.6 is 23.2 Å². The van der Waals surface area contributed by atoms with Crippen molar-refractivity contribution >= 4 is 29.1 Å². The molecule has 1 rings (SSSR count). The lowest BCUT2D eigenvalue weighted by molar-refractivity contribution is 0.0953. The zero-order chi connectivity index (χ0) is 10.6. The van der Waals surface area contributed by atoms with Crippen LogP contribution in [0.2, 0.25) is 5.22 Å². The molecule has 14 heavy (non-hydrogen) atoms. The third kappa shape index (κ3) is 3.24. The minimum atomic E-state index is -0.235. The lowest BCUT2D eigenvalue weighted by Crippen LogP contribution is -2.25. The summed E-state index contributed by atoms with van der Waals surface area (Å²) in [5.41, 5.74) is 0.355. The molecule has 0 spiro atoms. The van der Waals surface area contributed by atoms with E-state index in [1.807, 2.05) is 6.92 Å². The molecule has 78 valence electrons. The van der Waals surface area contributed by atoms with E-state index < -0.39 is 0 Å². The second-order valence-corrected chi connectivity index (χ2v) is 4.02. The Labute approximate surface area is 92.4 Å². The van der Waals surface area contributed by atoms with Gasteiger partial charge in [0.1, 0.15) is 0 Å². The fraction of sp³-hybridized carbons (Fsp3) is 0.444.